The second kappa shape index (κ2) is 9.16. The molecule has 7 atom stereocenters. The van der Waals surface area contributed by atoms with Crippen LogP contribution in [0.25, 0.3) is 0 Å². The van der Waals surface area contributed by atoms with Gasteiger partial charge in [-0.25, -0.2) is 0 Å². The lowest BCUT2D eigenvalue weighted by molar-refractivity contribution is -0.250. The van der Waals surface area contributed by atoms with Crippen molar-refractivity contribution in [3.8, 4) is 11.5 Å². The van der Waals surface area contributed by atoms with E-state index in [1.54, 1.807) is 19.1 Å². The molecule has 37 heavy (non-hydrogen) atoms. The molecule has 0 spiro atoms. The van der Waals surface area contributed by atoms with E-state index in [0.29, 0.717) is 5.56 Å². The number of phenols is 1. The molecule has 0 radical (unpaired) electrons. The SMILES string of the molecule is COc1cccc2c1C(=O)c1cc3c(c(O)c1C2=O)C[C@@](O)([C@H](C)O)C[C@H]3O[C@@H]1C[C@@H](N)[C@H](O)[C@@H](C)O1. The smallest absolute Gasteiger partial charge is 0.198 e. The molecule has 6 N–H and O–H groups in total. The molecule has 0 saturated carbocycles. The summed E-state index contributed by atoms with van der Waals surface area (Å²) in [5, 5.41) is 43.2. The van der Waals surface area contributed by atoms with Gasteiger partial charge in [0, 0.05) is 42.0 Å². The average Bonchev–Trinajstić information content (AvgIpc) is 2.85. The molecule has 1 saturated heterocycles. The lowest BCUT2D eigenvalue weighted by atomic mass is 9.72. The van der Waals surface area contributed by atoms with Crippen LogP contribution in [0.15, 0.2) is 24.3 Å². The van der Waals surface area contributed by atoms with Crippen LogP contribution in [0.4, 0.5) is 0 Å². The fourth-order valence-electron chi connectivity index (χ4n) is 5.61. The van der Waals surface area contributed by atoms with Crippen LogP contribution in [-0.4, -0.2) is 75.3 Å². The van der Waals surface area contributed by atoms with Gasteiger partial charge in [-0.1, -0.05) is 12.1 Å². The number of carbonyl (C=O) groups excluding carboxylic acids is 2. The van der Waals surface area contributed by atoms with E-state index in [1.165, 1.54) is 26.2 Å². The van der Waals surface area contributed by atoms with E-state index in [2.05, 4.69) is 0 Å². The number of benzene rings is 2. The number of ketones is 2. The van der Waals surface area contributed by atoms with Gasteiger partial charge in [0.25, 0.3) is 0 Å². The van der Waals surface area contributed by atoms with E-state index < -0.39 is 59.7 Å². The third kappa shape index (κ3) is 4.04. The minimum Gasteiger partial charge on any atom is -0.507 e. The van der Waals surface area contributed by atoms with E-state index in [4.69, 9.17) is 19.9 Å². The number of nitrogens with two attached hydrogens (primary N) is 1. The Morgan fingerprint density at radius 2 is 1.89 bits per heavy atom. The predicted molar refractivity (Wildman–Crippen MR) is 130 cm³/mol. The lowest BCUT2D eigenvalue weighted by Crippen LogP contribution is -2.53. The van der Waals surface area contributed by atoms with Gasteiger partial charge in [0.05, 0.1) is 48.3 Å². The first-order valence-electron chi connectivity index (χ1n) is 12.3. The number of hydrogen-bond donors (Lipinski definition) is 5. The maximum absolute atomic E-state index is 13.6. The second-order valence-electron chi connectivity index (χ2n) is 10.2. The Morgan fingerprint density at radius 1 is 1.19 bits per heavy atom. The van der Waals surface area contributed by atoms with Crippen LogP contribution >= 0.6 is 0 Å². The fraction of sp³-hybridized carbons (Fsp3) is 0.481. The van der Waals surface area contributed by atoms with E-state index in [9.17, 15) is 30.0 Å². The van der Waals surface area contributed by atoms with Crippen molar-refractivity contribution in [1.82, 2.24) is 0 Å². The Morgan fingerprint density at radius 3 is 2.54 bits per heavy atom. The first-order chi connectivity index (χ1) is 17.5. The van der Waals surface area contributed by atoms with Crippen LogP contribution in [0.2, 0.25) is 0 Å². The molecule has 3 aliphatic rings. The highest BCUT2D eigenvalue weighted by Gasteiger charge is 2.47. The minimum absolute atomic E-state index is 0.000564. The highest BCUT2D eigenvalue weighted by atomic mass is 16.7. The zero-order valence-electron chi connectivity index (χ0n) is 20.8. The molecular formula is C27H31NO9. The third-order valence-corrected chi connectivity index (χ3v) is 7.84. The quantitative estimate of drug-likeness (QED) is 0.341. The zero-order chi connectivity index (χ0) is 26.8. The minimum atomic E-state index is -1.69. The number of hydrogen-bond acceptors (Lipinski definition) is 10. The molecule has 1 fully saturated rings. The Labute approximate surface area is 213 Å². The van der Waals surface area contributed by atoms with Crippen molar-refractivity contribution < 1.29 is 44.2 Å². The number of carbonyl (C=O) groups is 2. The van der Waals surface area contributed by atoms with Crippen molar-refractivity contribution in [1.29, 1.82) is 0 Å². The van der Waals surface area contributed by atoms with E-state index in [1.807, 2.05) is 0 Å². The molecular weight excluding hydrogens is 482 g/mol. The number of aliphatic hydroxyl groups excluding tert-OH is 2. The maximum Gasteiger partial charge on any atom is 0.198 e. The van der Waals surface area contributed by atoms with Gasteiger partial charge < -0.3 is 40.4 Å². The number of phenolic OH excluding ortho intramolecular Hbond substituents is 1. The number of methoxy groups -OCH3 is 1. The van der Waals surface area contributed by atoms with Crippen LogP contribution < -0.4 is 10.5 Å². The topological polar surface area (TPSA) is 169 Å². The van der Waals surface area contributed by atoms with E-state index in [-0.39, 0.29) is 52.8 Å². The van der Waals surface area contributed by atoms with Gasteiger partial charge in [0.1, 0.15) is 11.5 Å². The average molecular weight is 514 g/mol. The van der Waals surface area contributed by atoms with Crippen LogP contribution in [0.5, 0.6) is 11.5 Å². The number of ether oxygens (including phenoxy) is 3. The summed E-state index contributed by atoms with van der Waals surface area (Å²) >= 11 is 0. The number of aliphatic hydroxyl groups is 3. The molecule has 2 aliphatic carbocycles. The molecule has 10 heteroatoms. The van der Waals surface area contributed by atoms with E-state index in [0.717, 1.165) is 0 Å². The van der Waals surface area contributed by atoms with Crippen LogP contribution in [0.3, 0.4) is 0 Å². The molecule has 1 heterocycles. The molecule has 1 aliphatic heterocycles. The van der Waals surface area contributed by atoms with Gasteiger partial charge in [0.2, 0.25) is 0 Å². The number of rotatable bonds is 4. The zero-order valence-corrected chi connectivity index (χ0v) is 20.8. The predicted octanol–water partition coefficient (Wildman–Crippen LogP) is 1.12. The Kier molecular flexibility index (Phi) is 6.38. The van der Waals surface area contributed by atoms with Gasteiger partial charge in [-0.3, -0.25) is 9.59 Å². The summed E-state index contributed by atoms with van der Waals surface area (Å²) in [6.07, 6.45) is -4.49. The van der Waals surface area contributed by atoms with Gasteiger partial charge in [-0.2, -0.15) is 0 Å². The molecule has 2 aromatic carbocycles. The largest absolute Gasteiger partial charge is 0.507 e. The van der Waals surface area contributed by atoms with Crippen molar-refractivity contribution in [2.75, 3.05) is 7.11 Å². The van der Waals surface area contributed by atoms with Crippen molar-refractivity contribution in [3.63, 3.8) is 0 Å². The molecule has 0 bridgehead atoms. The lowest BCUT2D eigenvalue weighted by Gasteiger charge is -2.43. The van der Waals surface area contributed by atoms with Crippen molar-refractivity contribution in [3.05, 3.63) is 57.6 Å². The molecule has 10 nitrogen and oxygen atoms in total. The third-order valence-electron chi connectivity index (χ3n) is 7.84. The van der Waals surface area contributed by atoms with Crippen molar-refractivity contribution >= 4 is 11.6 Å². The summed E-state index contributed by atoms with van der Waals surface area (Å²) in [5.41, 5.74) is 5.03. The summed E-state index contributed by atoms with van der Waals surface area (Å²) < 4.78 is 17.3. The Balaban J connectivity index is 1.63. The molecule has 0 aromatic heterocycles. The summed E-state index contributed by atoms with van der Waals surface area (Å²) in [4.78, 5) is 27.0. The highest BCUT2D eigenvalue weighted by Crippen LogP contribution is 2.48. The first kappa shape index (κ1) is 25.8. The molecule has 198 valence electrons. The van der Waals surface area contributed by atoms with Crippen molar-refractivity contribution in [2.45, 2.75) is 75.5 Å². The molecule has 0 amide bonds. The van der Waals surface area contributed by atoms with Gasteiger partial charge in [-0.05, 0) is 31.5 Å². The standard InChI is InChI=1S/C27H31NO9/c1-11-23(30)17(28)8-20(36-11)37-19-10-27(34,12(2)29)9-16-14(19)7-15-22(26(16)33)24(31)13-5-4-6-18(35-3)21(13)25(15)32/h4-7,11-12,17,19-20,23,29-30,33-34H,8-10,28H2,1-3H3/t11-,12+,17-,19-,20-,23-,27+/m1/s1. The Hall–Kier alpha value is -2.86. The van der Waals surface area contributed by atoms with Crippen LogP contribution in [0, 0.1) is 0 Å². The van der Waals surface area contributed by atoms with Crippen molar-refractivity contribution in [2.24, 2.45) is 5.73 Å². The normalized spacial score (nSPS) is 31.8. The Bertz CT molecular complexity index is 1260. The molecule has 2 aromatic rings. The number of fused-ring (bicyclic) bond motifs is 3. The van der Waals surface area contributed by atoms with Gasteiger partial charge >= 0.3 is 0 Å². The summed E-state index contributed by atoms with van der Waals surface area (Å²) in [6, 6.07) is 5.57. The fourth-order valence-corrected chi connectivity index (χ4v) is 5.61. The number of aromatic hydroxyl groups is 1. The van der Waals surface area contributed by atoms with Crippen LogP contribution in [0.1, 0.15) is 75.8 Å². The monoisotopic (exact) mass is 513 g/mol. The second-order valence-corrected chi connectivity index (χ2v) is 10.2. The maximum atomic E-state index is 13.6. The summed E-state index contributed by atoms with van der Waals surface area (Å²) in [6.45, 7) is 3.10. The summed E-state index contributed by atoms with van der Waals surface area (Å²) in [7, 11) is 1.40. The molecule has 5 rings (SSSR count). The van der Waals surface area contributed by atoms with Crippen LogP contribution in [-0.2, 0) is 15.9 Å². The van der Waals surface area contributed by atoms with Gasteiger partial charge in [-0.15, -0.1) is 0 Å². The van der Waals surface area contributed by atoms with Gasteiger partial charge in [0.15, 0.2) is 17.9 Å². The molecule has 0 unspecified atom stereocenters. The highest BCUT2D eigenvalue weighted by molar-refractivity contribution is 6.30. The summed E-state index contributed by atoms with van der Waals surface area (Å²) in [5.74, 6) is -1.22. The first-order valence-corrected chi connectivity index (χ1v) is 12.3. The van der Waals surface area contributed by atoms with E-state index >= 15 is 0 Å².